The largest absolute Gasteiger partial charge is 0.492 e. The minimum Gasteiger partial charge on any atom is -0.492 e. The summed E-state index contributed by atoms with van der Waals surface area (Å²) >= 11 is 5.84. The first-order valence-corrected chi connectivity index (χ1v) is 7.39. The van der Waals surface area contributed by atoms with Crippen LogP contribution in [0.2, 0.25) is 5.02 Å². The average molecular weight is 322 g/mol. The predicted octanol–water partition coefficient (Wildman–Crippen LogP) is 2.06. The zero-order valence-electron chi connectivity index (χ0n) is 11.9. The second kappa shape index (κ2) is 6.37. The Morgan fingerprint density at radius 1 is 1.41 bits per heavy atom. The van der Waals surface area contributed by atoms with E-state index in [0.717, 1.165) is 0 Å². The number of fused-ring (bicyclic) bond motifs is 1. The molecule has 7 heteroatoms. The molecule has 3 rings (SSSR count). The lowest BCUT2D eigenvalue weighted by Crippen LogP contribution is -2.37. The van der Waals surface area contributed by atoms with Crippen molar-refractivity contribution in [1.29, 1.82) is 0 Å². The zero-order chi connectivity index (χ0) is 15.5. The Hall–Kier alpha value is -2.05. The van der Waals surface area contributed by atoms with Crippen LogP contribution in [0.5, 0.6) is 5.75 Å². The number of benzene rings is 1. The lowest BCUT2D eigenvalue weighted by molar-refractivity contribution is -0.143. The van der Waals surface area contributed by atoms with Crippen LogP contribution in [-0.4, -0.2) is 45.5 Å². The third-order valence-electron chi connectivity index (χ3n) is 3.67. The van der Waals surface area contributed by atoms with Crippen molar-refractivity contribution < 1.29 is 14.6 Å². The van der Waals surface area contributed by atoms with Gasteiger partial charge in [-0.2, -0.15) is 5.10 Å². The SMILES string of the molecule is O=C(O)C1c2ccccc2OCCN1CCn1cc(Cl)cn1. The number of hydrogen-bond acceptors (Lipinski definition) is 4. The molecule has 1 aromatic carbocycles. The number of para-hydroxylation sites is 1. The Labute approximate surface area is 132 Å². The van der Waals surface area contributed by atoms with Gasteiger partial charge in [0.25, 0.3) is 0 Å². The van der Waals surface area contributed by atoms with E-state index in [4.69, 9.17) is 16.3 Å². The number of carbonyl (C=O) groups is 1. The summed E-state index contributed by atoms with van der Waals surface area (Å²) in [6, 6.07) is 6.57. The van der Waals surface area contributed by atoms with Gasteiger partial charge in [0.2, 0.25) is 0 Å². The average Bonchev–Trinajstić information content (AvgIpc) is 2.81. The van der Waals surface area contributed by atoms with E-state index in [1.54, 1.807) is 23.1 Å². The minimum atomic E-state index is -0.878. The molecule has 0 bridgehead atoms. The smallest absolute Gasteiger partial charge is 0.325 e. The maximum Gasteiger partial charge on any atom is 0.325 e. The molecule has 1 unspecified atom stereocenters. The molecule has 0 aliphatic carbocycles. The minimum absolute atomic E-state index is 0.459. The van der Waals surface area contributed by atoms with E-state index >= 15 is 0 Å². The zero-order valence-corrected chi connectivity index (χ0v) is 12.6. The van der Waals surface area contributed by atoms with Crippen LogP contribution >= 0.6 is 11.6 Å². The number of carboxylic acids is 1. The molecule has 1 aliphatic rings. The quantitative estimate of drug-likeness (QED) is 0.933. The summed E-state index contributed by atoms with van der Waals surface area (Å²) in [5.74, 6) is -0.240. The van der Waals surface area contributed by atoms with Gasteiger partial charge in [0.15, 0.2) is 0 Å². The molecule has 1 aliphatic heterocycles. The van der Waals surface area contributed by atoms with Crippen molar-refractivity contribution in [3.63, 3.8) is 0 Å². The highest BCUT2D eigenvalue weighted by Crippen LogP contribution is 2.31. The predicted molar refractivity (Wildman–Crippen MR) is 81.1 cm³/mol. The fraction of sp³-hybridized carbons (Fsp3) is 0.333. The first-order chi connectivity index (χ1) is 10.6. The van der Waals surface area contributed by atoms with E-state index in [-0.39, 0.29) is 0 Å². The third kappa shape index (κ3) is 3.08. The van der Waals surface area contributed by atoms with Crippen LogP contribution in [-0.2, 0) is 11.3 Å². The van der Waals surface area contributed by atoms with Crippen molar-refractivity contribution in [2.75, 3.05) is 19.7 Å². The molecule has 1 N–H and O–H groups in total. The molecule has 0 saturated heterocycles. The van der Waals surface area contributed by atoms with Gasteiger partial charge in [-0.25, -0.2) is 0 Å². The Balaban J connectivity index is 1.81. The second-order valence-corrected chi connectivity index (χ2v) is 5.52. The summed E-state index contributed by atoms with van der Waals surface area (Å²) < 4.78 is 7.37. The van der Waals surface area contributed by atoms with Gasteiger partial charge in [-0.3, -0.25) is 14.4 Å². The van der Waals surface area contributed by atoms with Gasteiger partial charge in [-0.15, -0.1) is 0 Å². The van der Waals surface area contributed by atoms with Crippen molar-refractivity contribution in [3.8, 4) is 5.75 Å². The van der Waals surface area contributed by atoms with E-state index in [1.165, 1.54) is 0 Å². The van der Waals surface area contributed by atoms with Gasteiger partial charge in [0, 0.05) is 24.8 Å². The van der Waals surface area contributed by atoms with Crippen LogP contribution in [0.15, 0.2) is 36.7 Å². The van der Waals surface area contributed by atoms with Gasteiger partial charge >= 0.3 is 5.97 Å². The molecular weight excluding hydrogens is 306 g/mol. The van der Waals surface area contributed by atoms with Crippen LogP contribution in [0.25, 0.3) is 0 Å². The van der Waals surface area contributed by atoms with E-state index in [0.29, 0.717) is 42.6 Å². The lowest BCUT2D eigenvalue weighted by Gasteiger charge is -2.26. The van der Waals surface area contributed by atoms with E-state index in [1.807, 2.05) is 23.1 Å². The third-order valence-corrected chi connectivity index (χ3v) is 3.86. The molecule has 0 amide bonds. The maximum atomic E-state index is 11.8. The lowest BCUT2D eigenvalue weighted by atomic mass is 10.0. The molecule has 0 radical (unpaired) electrons. The van der Waals surface area contributed by atoms with Gasteiger partial charge in [0.1, 0.15) is 18.4 Å². The summed E-state index contributed by atoms with van der Waals surface area (Å²) in [6.07, 6.45) is 3.29. The van der Waals surface area contributed by atoms with Crippen LogP contribution in [0, 0.1) is 0 Å². The van der Waals surface area contributed by atoms with Crippen molar-refractivity contribution in [2.45, 2.75) is 12.6 Å². The normalized spacial score (nSPS) is 18.3. The monoisotopic (exact) mass is 321 g/mol. The van der Waals surface area contributed by atoms with Crippen LogP contribution in [0.1, 0.15) is 11.6 Å². The van der Waals surface area contributed by atoms with Crippen molar-refractivity contribution in [2.24, 2.45) is 0 Å². The molecule has 1 aromatic heterocycles. The van der Waals surface area contributed by atoms with Crippen molar-refractivity contribution in [3.05, 3.63) is 47.2 Å². The van der Waals surface area contributed by atoms with E-state index in [9.17, 15) is 9.90 Å². The highest BCUT2D eigenvalue weighted by Gasteiger charge is 2.31. The van der Waals surface area contributed by atoms with Crippen LogP contribution in [0.3, 0.4) is 0 Å². The topological polar surface area (TPSA) is 67.6 Å². The van der Waals surface area contributed by atoms with E-state index < -0.39 is 12.0 Å². The Kier molecular flexibility index (Phi) is 4.31. The Morgan fingerprint density at radius 2 is 2.23 bits per heavy atom. The number of hydrogen-bond donors (Lipinski definition) is 1. The molecule has 0 saturated carbocycles. The number of halogens is 1. The van der Waals surface area contributed by atoms with Gasteiger partial charge in [-0.1, -0.05) is 29.8 Å². The number of aliphatic carboxylic acids is 1. The van der Waals surface area contributed by atoms with E-state index in [2.05, 4.69) is 5.10 Å². The maximum absolute atomic E-state index is 11.8. The molecule has 6 nitrogen and oxygen atoms in total. The molecule has 2 aromatic rings. The summed E-state index contributed by atoms with van der Waals surface area (Å²) in [4.78, 5) is 13.6. The molecule has 0 spiro atoms. The highest BCUT2D eigenvalue weighted by molar-refractivity contribution is 6.30. The fourth-order valence-corrected chi connectivity index (χ4v) is 2.81. The highest BCUT2D eigenvalue weighted by atomic mass is 35.5. The van der Waals surface area contributed by atoms with Gasteiger partial charge in [0.05, 0.1) is 17.8 Å². The molecule has 1 atom stereocenters. The number of nitrogens with zero attached hydrogens (tertiary/aromatic N) is 3. The second-order valence-electron chi connectivity index (χ2n) is 5.08. The molecule has 2 heterocycles. The molecular formula is C15H16ClN3O3. The summed E-state index contributed by atoms with van der Waals surface area (Å²) in [5.41, 5.74) is 0.686. The van der Waals surface area contributed by atoms with Gasteiger partial charge < -0.3 is 9.84 Å². The van der Waals surface area contributed by atoms with Crippen LogP contribution in [0.4, 0.5) is 0 Å². The van der Waals surface area contributed by atoms with Crippen LogP contribution < -0.4 is 4.74 Å². The number of carboxylic acid groups (broad SMARTS) is 1. The number of aromatic nitrogens is 2. The Morgan fingerprint density at radius 3 is 2.95 bits per heavy atom. The van der Waals surface area contributed by atoms with Gasteiger partial charge in [-0.05, 0) is 6.07 Å². The first-order valence-electron chi connectivity index (χ1n) is 7.01. The standard InChI is InChI=1S/C15H16ClN3O3/c16-11-9-17-19(10-11)6-5-18-7-8-22-13-4-2-1-3-12(13)14(18)15(20)21/h1-4,9-10,14H,5-8H2,(H,20,21). The summed E-state index contributed by atoms with van der Waals surface area (Å²) in [7, 11) is 0. The summed E-state index contributed by atoms with van der Waals surface area (Å²) in [5, 5.41) is 14.3. The first kappa shape index (κ1) is 14.9. The summed E-state index contributed by atoms with van der Waals surface area (Å²) in [6.45, 7) is 2.12. The molecule has 0 fully saturated rings. The Bertz CT molecular complexity index is 674. The van der Waals surface area contributed by atoms with Crippen molar-refractivity contribution >= 4 is 17.6 Å². The number of rotatable bonds is 4. The number of ether oxygens (including phenoxy) is 1. The molecule has 22 heavy (non-hydrogen) atoms. The van der Waals surface area contributed by atoms with Crippen molar-refractivity contribution in [1.82, 2.24) is 14.7 Å². The fourth-order valence-electron chi connectivity index (χ4n) is 2.66. The molecule has 116 valence electrons.